The Balaban J connectivity index is 1.90. The molecule has 1 aliphatic heterocycles. The lowest BCUT2D eigenvalue weighted by Gasteiger charge is -2.32. The Hall–Kier alpha value is -1.64. The second-order valence-corrected chi connectivity index (χ2v) is 7.42. The Morgan fingerprint density at radius 2 is 2.07 bits per heavy atom. The number of hydrogen-bond acceptors (Lipinski definition) is 4. The molecule has 0 amide bonds. The molecular formula is C20H31ClF2N4O2. The Kier molecular flexibility index (Phi) is 10.5. The number of guanidine groups is 1. The smallest absolute Gasteiger partial charge is 0.387 e. The maximum Gasteiger partial charge on any atom is 0.387 e. The maximum atomic E-state index is 12.6. The first-order chi connectivity index (χ1) is 14.0. The third-order valence-corrected chi connectivity index (χ3v) is 5.10. The molecule has 0 saturated carbocycles. The van der Waals surface area contributed by atoms with Crippen molar-refractivity contribution >= 4 is 17.6 Å². The van der Waals surface area contributed by atoms with E-state index in [9.17, 15) is 8.78 Å². The quantitative estimate of drug-likeness (QED) is 0.438. The summed E-state index contributed by atoms with van der Waals surface area (Å²) in [5, 5.41) is 7.01. The van der Waals surface area contributed by atoms with Gasteiger partial charge in [-0.25, -0.2) is 4.99 Å². The number of hydrogen-bond donors (Lipinski definition) is 2. The predicted octanol–water partition coefficient (Wildman–Crippen LogP) is 3.35. The average Bonchev–Trinajstić information content (AvgIpc) is 2.70. The number of likely N-dealkylation sites (tertiary alicyclic amines) is 1. The van der Waals surface area contributed by atoms with Crippen molar-refractivity contribution in [1.82, 2.24) is 15.5 Å². The molecule has 0 bridgehead atoms. The molecule has 2 rings (SSSR count). The topological polar surface area (TPSA) is 58.1 Å². The molecule has 6 nitrogen and oxygen atoms in total. The number of halogens is 3. The lowest BCUT2D eigenvalue weighted by Crippen LogP contribution is -2.43. The number of nitrogens with zero attached hydrogens (tertiary/aromatic N) is 2. The number of rotatable bonds is 10. The summed E-state index contributed by atoms with van der Waals surface area (Å²) in [6, 6.07) is 4.56. The van der Waals surface area contributed by atoms with Crippen LogP contribution in [0.5, 0.6) is 5.75 Å². The number of methoxy groups -OCH3 is 1. The Morgan fingerprint density at radius 1 is 1.31 bits per heavy atom. The van der Waals surface area contributed by atoms with Crippen LogP contribution in [0, 0.1) is 5.92 Å². The van der Waals surface area contributed by atoms with Crippen LogP contribution in [0.25, 0.3) is 0 Å². The van der Waals surface area contributed by atoms with E-state index in [1.807, 2.05) is 6.92 Å². The van der Waals surface area contributed by atoms with Gasteiger partial charge in [-0.1, -0.05) is 11.6 Å². The maximum absolute atomic E-state index is 12.6. The zero-order valence-corrected chi connectivity index (χ0v) is 17.9. The van der Waals surface area contributed by atoms with Gasteiger partial charge >= 0.3 is 6.61 Å². The first-order valence-electron chi connectivity index (χ1n) is 9.98. The fraction of sp³-hybridized carbons (Fsp3) is 0.650. The van der Waals surface area contributed by atoms with E-state index in [0.717, 1.165) is 45.6 Å². The molecule has 0 spiro atoms. The Labute approximate surface area is 176 Å². The molecular weight excluding hydrogens is 402 g/mol. The van der Waals surface area contributed by atoms with Crippen LogP contribution in [0.2, 0.25) is 5.02 Å². The van der Waals surface area contributed by atoms with Gasteiger partial charge in [0.1, 0.15) is 5.75 Å². The van der Waals surface area contributed by atoms with Gasteiger partial charge < -0.3 is 25.0 Å². The van der Waals surface area contributed by atoms with E-state index in [1.54, 1.807) is 13.2 Å². The normalized spacial score (nSPS) is 16.3. The fourth-order valence-electron chi connectivity index (χ4n) is 3.26. The van der Waals surface area contributed by atoms with Crippen LogP contribution in [0.4, 0.5) is 8.78 Å². The Morgan fingerprint density at radius 3 is 2.72 bits per heavy atom. The summed E-state index contributed by atoms with van der Waals surface area (Å²) in [6.07, 6.45) is 2.24. The molecule has 1 fully saturated rings. The predicted molar refractivity (Wildman–Crippen MR) is 112 cm³/mol. The minimum absolute atomic E-state index is 0.0902. The zero-order chi connectivity index (χ0) is 21.1. The molecule has 1 heterocycles. The summed E-state index contributed by atoms with van der Waals surface area (Å²) in [6.45, 7) is 4.69. The molecule has 0 aliphatic carbocycles. The van der Waals surface area contributed by atoms with Crippen molar-refractivity contribution in [3.05, 3.63) is 28.8 Å². The van der Waals surface area contributed by atoms with Gasteiger partial charge in [-0.15, -0.1) is 0 Å². The van der Waals surface area contributed by atoms with Crippen molar-refractivity contribution in [3.63, 3.8) is 0 Å². The minimum Gasteiger partial charge on any atom is -0.434 e. The van der Waals surface area contributed by atoms with Gasteiger partial charge in [-0.2, -0.15) is 8.78 Å². The van der Waals surface area contributed by atoms with Crippen LogP contribution in [-0.2, 0) is 11.3 Å². The summed E-state index contributed by atoms with van der Waals surface area (Å²) < 4.78 is 34.9. The molecule has 29 heavy (non-hydrogen) atoms. The summed E-state index contributed by atoms with van der Waals surface area (Å²) in [4.78, 5) is 6.94. The zero-order valence-electron chi connectivity index (χ0n) is 17.1. The standard InChI is InChI=1S/C20H31ClF2N4O2/c1-3-24-20(25-13-15-6-8-27(9-7-15)10-11-28-2)26-14-16-12-17(21)4-5-18(16)29-19(22)23/h4-5,12,15,19H,3,6-11,13-14H2,1-2H3,(H2,24,25,26). The lowest BCUT2D eigenvalue weighted by molar-refractivity contribution is -0.0504. The number of aliphatic imine (C=N–C) groups is 1. The van der Waals surface area contributed by atoms with Gasteiger partial charge in [-0.05, 0) is 57.0 Å². The van der Waals surface area contributed by atoms with E-state index in [2.05, 4.69) is 25.3 Å². The van der Waals surface area contributed by atoms with Gasteiger partial charge in [0, 0.05) is 37.3 Å². The third kappa shape index (κ3) is 8.72. The first kappa shape index (κ1) is 23.6. The second kappa shape index (κ2) is 12.8. The van der Waals surface area contributed by atoms with Crippen LogP contribution >= 0.6 is 11.6 Å². The van der Waals surface area contributed by atoms with Crippen LogP contribution in [0.3, 0.4) is 0 Å². The minimum atomic E-state index is -2.89. The number of piperidine rings is 1. The average molecular weight is 433 g/mol. The van der Waals surface area contributed by atoms with Crippen molar-refractivity contribution in [1.29, 1.82) is 0 Å². The van der Waals surface area contributed by atoms with E-state index in [1.165, 1.54) is 12.1 Å². The summed E-state index contributed by atoms with van der Waals surface area (Å²) in [5.74, 6) is 1.31. The molecule has 0 unspecified atom stereocenters. The number of alkyl halides is 2. The SMILES string of the molecule is CCNC(=NCc1cc(Cl)ccc1OC(F)F)NCC1CCN(CCOC)CC1. The van der Waals surface area contributed by atoms with E-state index in [0.29, 0.717) is 29.0 Å². The van der Waals surface area contributed by atoms with Crippen LogP contribution in [0.1, 0.15) is 25.3 Å². The van der Waals surface area contributed by atoms with Gasteiger partial charge in [0.2, 0.25) is 0 Å². The van der Waals surface area contributed by atoms with Gasteiger partial charge in [0.15, 0.2) is 5.96 Å². The molecule has 2 N–H and O–H groups in total. The Bertz CT molecular complexity index is 641. The van der Waals surface area contributed by atoms with Gasteiger partial charge in [0.25, 0.3) is 0 Å². The first-order valence-corrected chi connectivity index (χ1v) is 10.4. The van der Waals surface area contributed by atoms with Gasteiger partial charge in [-0.3, -0.25) is 0 Å². The molecule has 0 radical (unpaired) electrons. The summed E-state index contributed by atoms with van der Waals surface area (Å²) in [7, 11) is 1.73. The largest absolute Gasteiger partial charge is 0.434 e. The third-order valence-electron chi connectivity index (χ3n) is 4.87. The molecule has 9 heteroatoms. The molecule has 1 aromatic rings. The number of benzene rings is 1. The highest BCUT2D eigenvalue weighted by Crippen LogP contribution is 2.25. The van der Waals surface area contributed by atoms with Crippen LogP contribution < -0.4 is 15.4 Å². The second-order valence-electron chi connectivity index (χ2n) is 6.98. The highest BCUT2D eigenvalue weighted by molar-refractivity contribution is 6.30. The highest BCUT2D eigenvalue weighted by atomic mass is 35.5. The van der Waals surface area contributed by atoms with Crippen molar-refractivity contribution < 1.29 is 18.3 Å². The van der Waals surface area contributed by atoms with E-state index in [-0.39, 0.29) is 12.3 Å². The van der Waals surface area contributed by atoms with Crippen molar-refractivity contribution in [2.45, 2.75) is 32.9 Å². The van der Waals surface area contributed by atoms with Crippen molar-refractivity contribution in [2.75, 3.05) is 46.4 Å². The molecule has 0 aromatic heterocycles. The van der Waals surface area contributed by atoms with Crippen LogP contribution in [0.15, 0.2) is 23.2 Å². The fourth-order valence-corrected chi connectivity index (χ4v) is 3.46. The molecule has 164 valence electrons. The van der Waals surface area contributed by atoms with E-state index in [4.69, 9.17) is 16.3 Å². The molecule has 1 aromatic carbocycles. The number of nitrogens with one attached hydrogen (secondary N) is 2. The summed E-state index contributed by atoms with van der Waals surface area (Å²) in [5.41, 5.74) is 0.515. The molecule has 1 saturated heterocycles. The van der Waals surface area contributed by atoms with Crippen LogP contribution in [-0.4, -0.2) is 63.9 Å². The molecule has 1 aliphatic rings. The van der Waals surface area contributed by atoms with E-state index < -0.39 is 6.61 Å². The monoisotopic (exact) mass is 432 g/mol. The molecule has 0 atom stereocenters. The lowest BCUT2D eigenvalue weighted by atomic mass is 9.97. The van der Waals surface area contributed by atoms with Gasteiger partial charge in [0.05, 0.1) is 13.2 Å². The summed E-state index contributed by atoms with van der Waals surface area (Å²) >= 11 is 6.00. The highest BCUT2D eigenvalue weighted by Gasteiger charge is 2.19. The van der Waals surface area contributed by atoms with E-state index >= 15 is 0 Å². The number of ether oxygens (including phenoxy) is 2. The van der Waals surface area contributed by atoms with Crippen molar-refractivity contribution in [2.24, 2.45) is 10.9 Å². The van der Waals surface area contributed by atoms with Crippen molar-refractivity contribution in [3.8, 4) is 5.75 Å².